The first-order chi connectivity index (χ1) is 7.56. The monoisotopic (exact) mass is 222 g/mol. The van der Waals surface area contributed by atoms with Crippen LogP contribution in [0.25, 0.3) is 0 Å². The number of hydrogen-bond acceptors (Lipinski definition) is 3. The molecule has 1 amide bonds. The molecule has 5 nitrogen and oxygen atoms in total. The molecule has 16 heavy (non-hydrogen) atoms. The highest BCUT2D eigenvalue weighted by Gasteiger charge is 2.19. The first kappa shape index (κ1) is 12.2. The van der Waals surface area contributed by atoms with E-state index in [2.05, 4.69) is 10.3 Å². The van der Waals surface area contributed by atoms with E-state index in [9.17, 15) is 9.59 Å². The zero-order valence-corrected chi connectivity index (χ0v) is 9.23. The summed E-state index contributed by atoms with van der Waals surface area (Å²) in [6.07, 6.45) is 3.36. The van der Waals surface area contributed by atoms with Crippen molar-refractivity contribution in [2.75, 3.05) is 0 Å². The van der Waals surface area contributed by atoms with Crippen LogP contribution in [0.1, 0.15) is 29.3 Å². The van der Waals surface area contributed by atoms with Crippen molar-refractivity contribution in [1.29, 1.82) is 0 Å². The Balaban J connectivity index is 2.80. The Hall–Kier alpha value is -1.91. The molecule has 0 aliphatic heterocycles. The lowest BCUT2D eigenvalue weighted by molar-refractivity contribution is -0.139. The molecule has 1 aromatic heterocycles. The maximum atomic E-state index is 11.7. The third kappa shape index (κ3) is 2.79. The van der Waals surface area contributed by atoms with Gasteiger partial charge in [-0.15, -0.1) is 0 Å². The Kier molecular flexibility index (Phi) is 3.99. The largest absolute Gasteiger partial charge is 0.480 e. The van der Waals surface area contributed by atoms with E-state index in [1.807, 2.05) is 0 Å². The van der Waals surface area contributed by atoms with E-state index in [1.54, 1.807) is 26.1 Å². The van der Waals surface area contributed by atoms with Gasteiger partial charge in [-0.2, -0.15) is 0 Å². The van der Waals surface area contributed by atoms with E-state index < -0.39 is 17.9 Å². The van der Waals surface area contributed by atoms with Crippen LogP contribution in [0.3, 0.4) is 0 Å². The molecule has 0 saturated carbocycles. The zero-order chi connectivity index (χ0) is 12.1. The zero-order valence-electron chi connectivity index (χ0n) is 9.23. The Morgan fingerprint density at radius 1 is 1.56 bits per heavy atom. The summed E-state index contributed by atoms with van der Waals surface area (Å²) in [6.45, 7) is 3.48. The summed E-state index contributed by atoms with van der Waals surface area (Å²) in [5.74, 6) is -1.43. The molecule has 1 unspecified atom stereocenters. The van der Waals surface area contributed by atoms with Gasteiger partial charge in [0.05, 0.1) is 5.56 Å². The Labute approximate surface area is 93.5 Å². The number of hydrogen-bond donors (Lipinski definition) is 2. The standard InChI is InChI=1S/C11H14N2O3/c1-3-9(11(15)16)13-10(14)8-6-12-5-4-7(8)2/h4-6,9H,3H2,1-2H3,(H,13,14)(H,15,16). The van der Waals surface area contributed by atoms with Gasteiger partial charge in [-0.05, 0) is 25.0 Å². The SMILES string of the molecule is CCC(NC(=O)c1cnccc1C)C(=O)O. The van der Waals surface area contributed by atoms with E-state index in [0.717, 1.165) is 5.56 Å². The number of carboxylic acid groups (broad SMARTS) is 1. The topological polar surface area (TPSA) is 79.3 Å². The van der Waals surface area contributed by atoms with E-state index in [-0.39, 0.29) is 0 Å². The molecule has 1 aromatic rings. The molecule has 86 valence electrons. The van der Waals surface area contributed by atoms with Gasteiger partial charge in [-0.1, -0.05) is 6.92 Å². The van der Waals surface area contributed by atoms with Crippen molar-refractivity contribution in [3.63, 3.8) is 0 Å². The molecule has 0 aliphatic rings. The van der Waals surface area contributed by atoms with E-state index in [1.165, 1.54) is 6.20 Å². The maximum Gasteiger partial charge on any atom is 0.326 e. The molecule has 0 radical (unpaired) electrons. The molecule has 1 heterocycles. The van der Waals surface area contributed by atoms with Crippen LogP contribution >= 0.6 is 0 Å². The fraction of sp³-hybridized carbons (Fsp3) is 0.364. The van der Waals surface area contributed by atoms with Crippen molar-refractivity contribution >= 4 is 11.9 Å². The number of aliphatic carboxylic acids is 1. The first-order valence-corrected chi connectivity index (χ1v) is 5.00. The van der Waals surface area contributed by atoms with Crippen molar-refractivity contribution in [3.8, 4) is 0 Å². The van der Waals surface area contributed by atoms with Crippen molar-refractivity contribution in [2.24, 2.45) is 0 Å². The van der Waals surface area contributed by atoms with Gasteiger partial charge in [0.1, 0.15) is 6.04 Å². The predicted molar refractivity (Wildman–Crippen MR) is 58.2 cm³/mol. The van der Waals surface area contributed by atoms with Crippen LogP contribution in [0.15, 0.2) is 18.5 Å². The number of rotatable bonds is 4. The average Bonchev–Trinajstić information content (AvgIpc) is 2.25. The third-order valence-corrected chi connectivity index (χ3v) is 2.30. The lowest BCUT2D eigenvalue weighted by Crippen LogP contribution is -2.40. The molecule has 0 aliphatic carbocycles. The second-order valence-corrected chi connectivity index (χ2v) is 3.46. The fourth-order valence-electron chi connectivity index (χ4n) is 1.28. The van der Waals surface area contributed by atoms with Gasteiger partial charge in [-0.25, -0.2) is 4.79 Å². The fourth-order valence-corrected chi connectivity index (χ4v) is 1.28. The molecular weight excluding hydrogens is 208 g/mol. The number of aromatic nitrogens is 1. The molecule has 0 fully saturated rings. The second-order valence-electron chi connectivity index (χ2n) is 3.46. The van der Waals surface area contributed by atoms with Crippen molar-refractivity contribution in [1.82, 2.24) is 10.3 Å². The predicted octanol–water partition coefficient (Wildman–Crippen LogP) is 0.983. The molecule has 0 saturated heterocycles. The minimum atomic E-state index is -1.03. The molecule has 5 heteroatoms. The highest BCUT2D eigenvalue weighted by molar-refractivity contribution is 5.97. The maximum absolute atomic E-state index is 11.7. The molecular formula is C11H14N2O3. The lowest BCUT2D eigenvalue weighted by atomic mass is 10.1. The minimum Gasteiger partial charge on any atom is -0.480 e. The van der Waals surface area contributed by atoms with E-state index in [0.29, 0.717) is 12.0 Å². The van der Waals surface area contributed by atoms with Crippen molar-refractivity contribution in [3.05, 3.63) is 29.6 Å². The number of carbonyl (C=O) groups is 2. The van der Waals surface area contributed by atoms with Gasteiger partial charge in [0.25, 0.3) is 5.91 Å². The van der Waals surface area contributed by atoms with Gasteiger partial charge >= 0.3 is 5.97 Å². The van der Waals surface area contributed by atoms with E-state index in [4.69, 9.17) is 5.11 Å². The highest BCUT2D eigenvalue weighted by Crippen LogP contribution is 2.05. The van der Waals surface area contributed by atoms with Crippen LogP contribution in [0, 0.1) is 6.92 Å². The second kappa shape index (κ2) is 5.25. The summed E-state index contributed by atoms with van der Waals surface area (Å²) in [5, 5.41) is 11.3. The van der Waals surface area contributed by atoms with Gasteiger partial charge in [0.2, 0.25) is 0 Å². The van der Waals surface area contributed by atoms with Gasteiger partial charge in [0, 0.05) is 12.4 Å². The Morgan fingerprint density at radius 2 is 2.25 bits per heavy atom. The smallest absolute Gasteiger partial charge is 0.326 e. The number of nitrogens with one attached hydrogen (secondary N) is 1. The van der Waals surface area contributed by atoms with Crippen LogP contribution in [-0.2, 0) is 4.79 Å². The van der Waals surface area contributed by atoms with Crippen LogP contribution in [0.2, 0.25) is 0 Å². The summed E-state index contributed by atoms with van der Waals surface area (Å²) in [6, 6.07) is 0.850. The summed E-state index contributed by atoms with van der Waals surface area (Å²) < 4.78 is 0. The van der Waals surface area contributed by atoms with Crippen molar-refractivity contribution in [2.45, 2.75) is 26.3 Å². The Bertz CT molecular complexity index is 404. The minimum absolute atomic E-state index is 0.348. The van der Waals surface area contributed by atoms with Crippen LogP contribution in [0.4, 0.5) is 0 Å². The average molecular weight is 222 g/mol. The number of nitrogens with zero attached hydrogens (tertiary/aromatic N) is 1. The molecule has 0 spiro atoms. The first-order valence-electron chi connectivity index (χ1n) is 5.00. The highest BCUT2D eigenvalue weighted by atomic mass is 16.4. The Morgan fingerprint density at radius 3 is 2.75 bits per heavy atom. The molecule has 2 N–H and O–H groups in total. The number of pyridine rings is 1. The molecule has 0 bridgehead atoms. The molecule has 1 rings (SSSR count). The lowest BCUT2D eigenvalue weighted by Gasteiger charge is -2.12. The normalized spacial score (nSPS) is 11.9. The summed E-state index contributed by atoms with van der Waals surface area (Å²) in [5.41, 5.74) is 1.18. The summed E-state index contributed by atoms with van der Waals surface area (Å²) in [4.78, 5) is 26.3. The number of carboxylic acids is 1. The van der Waals surface area contributed by atoms with Gasteiger partial charge in [0.15, 0.2) is 0 Å². The molecule has 0 aromatic carbocycles. The van der Waals surface area contributed by atoms with E-state index >= 15 is 0 Å². The van der Waals surface area contributed by atoms with Crippen LogP contribution in [-0.4, -0.2) is 28.0 Å². The number of aryl methyl sites for hydroxylation is 1. The number of carbonyl (C=O) groups excluding carboxylic acids is 1. The van der Waals surface area contributed by atoms with Gasteiger partial charge in [-0.3, -0.25) is 9.78 Å². The van der Waals surface area contributed by atoms with Crippen molar-refractivity contribution < 1.29 is 14.7 Å². The summed E-state index contributed by atoms with van der Waals surface area (Å²) in [7, 11) is 0. The molecule has 1 atom stereocenters. The summed E-state index contributed by atoms with van der Waals surface area (Å²) >= 11 is 0. The quantitative estimate of drug-likeness (QED) is 0.796. The van der Waals surface area contributed by atoms with Crippen LogP contribution in [0.5, 0.6) is 0 Å². The number of amides is 1. The third-order valence-electron chi connectivity index (χ3n) is 2.30. The van der Waals surface area contributed by atoms with Crippen LogP contribution < -0.4 is 5.32 Å². The van der Waals surface area contributed by atoms with Gasteiger partial charge < -0.3 is 10.4 Å².